The predicted octanol–water partition coefficient (Wildman–Crippen LogP) is 4.63. The number of fused-ring (bicyclic) bond motifs is 1. The zero-order valence-electron chi connectivity index (χ0n) is 18.2. The number of anilines is 4. The highest BCUT2D eigenvalue weighted by molar-refractivity contribution is 6.33. The van der Waals surface area contributed by atoms with Crippen LogP contribution in [0.3, 0.4) is 0 Å². The second-order valence-corrected chi connectivity index (χ2v) is 7.88. The van der Waals surface area contributed by atoms with Gasteiger partial charge < -0.3 is 10.6 Å². The number of halogens is 1. The summed E-state index contributed by atoms with van der Waals surface area (Å²) in [4.78, 5) is 21.0. The first kappa shape index (κ1) is 21.2. The maximum atomic E-state index is 9.85. The van der Waals surface area contributed by atoms with Crippen molar-refractivity contribution in [3.8, 4) is 11.8 Å². The third-order valence-corrected chi connectivity index (χ3v) is 5.26. The van der Waals surface area contributed by atoms with E-state index in [1.54, 1.807) is 41.3 Å². The molecule has 0 amide bonds. The molecule has 0 bridgehead atoms. The molecule has 0 fully saturated rings. The molecule has 10 nitrogen and oxygen atoms in total. The van der Waals surface area contributed by atoms with Crippen molar-refractivity contribution in [1.29, 1.82) is 5.26 Å². The van der Waals surface area contributed by atoms with Crippen molar-refractivity contribution in [3.63, 3.8) is 0 Å². The van der Waals surface area contributed by atoms with Crippen molar-refractivity contribution >= 4 is 45.6 Å². The third kappa shape index (κ3) is 4.20. The lowest BCUT2D eigenvalue weighted by Gasteiger charge is -2.11. The van der Waals surface area contributed by atoms with Crippen LogP contribution in [-0.2, 0) is 0 Å². The van der Waals surface area contributed by atoms with Crippen molar-refractivity contribution in [2.24, 2.45) is 0 Å². The Morgan fingerprint density at radius 3 is 2.29 bits per heavy atom. The molecule has 5 aromatic rings. The quantitative estimate of drug-likeness (QED) is 0.379. The molecule has 0 aliphatic heterocycles. The van der Waals surface area contributed by atoms with Crippen LogP contribution in [0.2, 0.25) is 5.02 Å². The first-order valence-corrected chi connectivity index (χ1v) is 10.6. The van der Waals surface area contributed by atoms with E-state index in [-0.39, 0.29) is 0 Å². The average Bonchev–Trinajstić information content (AvgIpc) is 3.23. The molecule has 0 aliphatic carbocycles. The molecule has 4 heterocycles. The fraction of sp³-hybridized carbons (Fsp3) is 0.0870. The summed E-state index contributed by atoms with van der Waals surface area (Å²) in [5.41, 5.74) is 3.77. The summed E-state index contributed by atoms with van der Waals surface area (Å²) in [6, 6.07) is 11.0. The van der Waals surface area contributed by atoms with Gasteiger partial charge in [-0.15, -0.1) is 0 Å². The van der Waals surface area contributed by atoms with Gasteiger partial charge in [0.15, 0.2) is 0 Å². The highest BCUT2D eigenvalue weighted by atomic mass is 35.5. The molecular weight excluding hydrogens is 452 g/mol. The summed E-state index contributed by atoms with van der Waals surface area (Å²) in [5, 5.41) is 21.9. The van der Waals surface area contributed by atoms with E-state index >= 15 is 0 Å². The van der Waals surface area contributed by atoms with E-state index in [1.807, 2.05) is 19.9 Å². The number of nitrogens with one attached hydrogen (secondary N) is 2. The SMILES string of the molecule is Cc1cc(Nc2cc(Cl)c(-n3cc4c(Nc5cc(C)ncn5)nccc4n3)c(C#N)c2)ncn1. The van der Waals surface area contributed by atoms with Gasteiger partial charge in [-0.3, -0.25) is 0 Å². The van der Waals surface area contributed by atoms with Gasteiger partial charge in [0.25, 0.3) is 0 Å². The molecule has 34 heavy (non-hydrogen) atoms. The smallest absolute Gasteiger partial charge is 0.142 e. The number of pyridine rings is 1. The highest BCUT2D eigenvalue weighted by Gasteiger charge is 2.16. The van der Waals surface area contributed by atoms with Gasteiger partial charge in [0, 0.05) is 41.6 Å². The van der Waals surface area contributed by atoms with E-state index in [4.69, 9.17) is 11.6 Å². The van der Waals surface area contributed by atoms with Crippen molar-refractivity contribution in [2.75, 3.05) is 10.6 Å². The Kier molecular flexibility index (Phi) is 5.45. The summed E-state index contributed by atoms with van der Waals surface area (Å²) in [6.45, 7) is 3.75. The molecule has 0 aliphatic rings. The molecule has 0 spiro atoms. The molecule has 4 aromatic heterocycles. The fourth-order valence-corrected chi connectivity index (χ4v) is 3.77. The summed E-state index contributed by atoms with van der Waals surface area (Å²) in [6.07, 6.45) is 6.39. The minimum Gasteiger partial charge on any atom is -0.340 e. The molecule has 166 valence electrons. The second-order valence-electron chi connectivity index (χ2n) is 7.47. The van der Waals surface area contributed by atoms with Crippen molar-refractivity contribution in [2.45, 2.75) is 13.8 Å². The molecule has 5 rings (SSSR count). The largest absolute Gasteiger partial charge is 0.340 e. The van der Waals surface area contributed by atoms with Gasteiger partial charge in [0.2, 0.25) is 0 Å². The van der Waals surface area contributed by atoms with Crippen molar-refractivity contribution in [3.05, 3.63) is 77.4 Å². The van der Waals surface area contributed by atoms with Gasteiger partial charge >= 0.3 is 0 Å². The zero-order chi connectivity index (χ0) is 23.7. The maximum absolute atomic E-state index is 9.85. The van der Waals surface area contributed by atoms with E-state index in [9.17, 15) is 5.26 Å². The van der Waals surface area contributed by atoms with Crippen LogP contribution in [0, 0.1) is 25.2 Å². The van der Waals surface area contributed by atoms with Gasteiger partial charge in [0.1, 0.15) is 41.9 Å². The molecule has 0 atom stereocenters. The number of benzene rings is 1. The number of rotatable bonds is 5. The van der Waals surface area contributed by atoms with E-state index in [2.05, 4.69) is 46.7 Å². The van der Waals surface area contributed by atoms with E-state index in [0.717, 1.165) is 16.8 Å². The van der Waals surface area contributed by atoms with Crippen LogP contribution in [0.25, 0.3) is 16.6 Å². The Morgan fingerprint density at radius 1 is 0.912 bits per heavy atom. The summed E-state index contributed by atoms with van der Waals surface area (Å²) in [5.74, 6) is 1.80. The highest BCUT2D eigenvalue weighted by Crippen LogP contribution is 2.32. The van der Waals surface area contributed by atoms with Crippen LogP contribution < -0.4 is 10.6 Å². The Hall–Kier alpha value is -4.62. The molecule has 1 aromatic carbocycles. The number of hydrogen-bond acceptors (Lipinski definition) is 9. The monoisotopic (exact) mass is 468 g/mol. The Morgan fingerprint density at radius 2 is 1.62 bits per heavy atom. The van der Waals surface area contributed by atoms with Crippen LogP contribution >= 0.6 is 11.6 Å². The number of aromatic nitrogens is 7. The summed E-state index contributed by atoms with van der Waals surface area (Å²) in [7, 11) is 0. The molecule has 11 heteroatoms. The molecule has 0 radical (unpaired) electrons. The van der Waals surface area contributed by atoms with Crippen molar-refractivity contribution in [1.82, 2.24) is 34.7 Å². The Bertz CT molecular complexity index is 1570. The number of aryl methyl sites for hydroxylation is 2. The summed E-state index contributed by atoms with van der Waals surface area (Å²) >= 11 is 6.63. The number of nitrogens with zero attached hydrogens (tertiary/aromatic N) is 8. The first-order chi connectivity index (χ1) is 16.5. The van der Waals surface area contributed by atoms with E-state index < -0.39 is 0 Å². The Balaban J connectivity index is 1.53. The van der Waals surface area contributed by atoms with Gasteiger partial charge in [-0.1, -0.05) is 11.6 Å². The van der Waals surface area contributed by atoms with Gasteiger partial charge in [-0.25, -0.2) is 29.6 Å². The fourth-order valence-electron chi connectivity index (χ4n) is 3.46. The molecule has 0 unspecified atom stereocenters. The first-order valence-electron chi connectivity index (χ1n) is 10.2. The van der Waals surface area contributed by atoms with Gasteiger partial charge in [-0.05, 0) is 32.0 Å². The van der Waals surface area contributed by atoms with E-state index in [1.165, 1.54) is 12.7 Å². The lowest BCUT2D eigenvalue weighted by molar-refractivity contribution is 0.893. The van der Waals surface area contributed by atoms with Gasteiger partial charge in [0.05, 0.1) is 21.5 Å². The minimum atomic E-state index is 0.350. The van der Waals surface area contributed by atoms with Crippen LogP contribution in [-0.4, -0.2) is 34.7 Å². The van der Waals surface area contributed by atoms with E-state index in [0.29, 0.717) is 44.9 Å². The zero-order valence-corrected chi connectivity index (χ0v) is 18.9. The topological polar surface area (TPSA) is 130 Å². The average molecular weight is 469 g/mol. The summed E-state index contributed by atoms with van der Waals surface area (Å²) < 4.78 is 1.59. The lowest BCUT2D eigenvalue weighted by atomic mass is 10.1. The van der Waals surface area contributed by atoms with Crippen LogP contribution in [0.15, 0.2) is 55.4 Å². The molecule has 0 saturated heterocycles. The molecule has 2 N–H and O–H groups in total. The van der Waals surface area contributed by atoms with Crippen LogP contribution in [0.1, 0.15) is 17.0 Å². The predicted molar refractivity (Wildman–Crippen MR) is 129 cm³/mol. The number of nitriles is 1. The molecule has 0 saturated carbocycles. The normalized spacial score (nSPS) is 10.8. The minimum absolute atomic E-state index is 0.350. The van der Waals surface area contributed by atoms with Crippen LogP contribution in [0.4, 0.5) is 23.1 Å². The van der Waals surface area contributed by atoms with Gasteiger partial charge in [-0.2, -0.15) is 10.4 Å². The molecular formula is C23H17ClN10. The lowest BCUT2D eigenvalue weighted by Crippen LogP contribution is -2.02. The van der Waals surface area contributed by atoms with Crippen molar-refractivity contribution < 1.29 is 0 Å². The second kappa shape index (κ2) is 8.73. The maximum Gasteiger partial charge on any atom is 0.142 e. The van der Waals surface area contributed by atoms with Crippen LogP contribution in [0.5, 0.6) is 0 Å². The standard InChI is InChI=1S/C23H17ClN10/c1-13-5-20(29-11-27-13)31-16-7-15(9-25)22(18(24)8-16)34-10-17-19(33-34)3-4-26-23(17)32-21-6-14(2)28-12-30-21/h3-8,10-12H,1-2H3,(H,27,29,31)(H,26,28,30,32). The third-order valence-electron chi connectivity index (χ3n) is 4.97. The Labute approximate surface area is 199 Å². The number of hydrogen-bond donors (Lipinski definition) is 2.